The zero-order valence-corrected chi connectivity index (χ0v) is 16.6. The summed E-state index contributed by atoms with van der Waals surface area (Å²) in [5.41, 5.74) is 0.00729. The Labute approximate surface area is 164 Å². The van der Waals surface area contributed by atoms with Crippen molar-refractivity contribution in [3.63, 3.8) is 0 Å². The first-order chi connectivity index (χ1) is 12.4. The zero-order valence-electron chi connectivity index (χ0n) is 15.0. The molecule has 0 bridgehead atoms. The van der Waals surface area contributed by atoms with Crippen LogP contribution in [-0.4, -0.2) is 48.8 Å². The van der Waals surface area contributed by atoms with E-state index >= 15 is 0 Å². The van der Waals surface area contributed by atoms with Crippen molar-refractivity contribution in [1.82, 2.24) is 14.6 Å². The molecular weight excluding hydrogens is 392 g/mol. The SMILES string of the molecule is CCNCC1CCN(S(=O)(=O)c2ccc([N+](=O)[O-])c3cccnc23)CC1.Cl. The number of pyridine rings is 1. The number of fused-ring (bicyclic) bond motifs is 1. The molecule has 0 unspecified atom stereocenters. The summed E-state index contributed by atoms with van der Waals surface area (Å²) < 4.78 is 27.7. The van der Waals surface area contributed by atoms with E-state index in [4.69, 9.17) is 0 Å². The lowest BCUT2D eigenvalue weighted by atomic mass is 9.98. The van der Waals surface area contributed by atoms with Gasteiger partial charge in [-0.2, -0.15) is 4.31 Å². The summed E-state index contributed by atoms with van der Waals surface area (Å²) >= 11 is 0. The number of benzene rings is 1. The molecule has 1 saturated heterocycles. The lowest BCUT2D eigenvalue weighted by molar-refractivity contribution is -0.383. The van der Waals surface area contributed by atoms with E-state index < -0.39 is 14.9 Å². The maximum Gasteiger partial charge on any atom is 0.278 e. The molecule has 2 aromatic rings. The molecule has 0 radical (unpaired) electrons. The highest BCUT2D eigenvalue weighted by molar-refractivity contribution is 7.89. The van der Waals surface area contributed by atoms with Crippen LogP contribution in [0.5, 0.6) is 0 Å². The van der Waals surface area contributed by atoms with E-state index in [1.54, 1.807) is 6.07 Å². The first-order valence-corrected chi connectivity index (χ1v) is 10.1. The van der Waals surface area contributed by atoms with E-state index in [1.807, 2.05) is 6.92 Å². The van der Waals surface area contributed by atoms with Crippen molar-refractivity contribution in [3.8, 4) is 0 Å². The van der Waals surface area contributed by atoms with Gasteiger partial charge < -0.3 is 5.32 Å². The van der Waals surface area contributed by atoms with Crippen LogP contribution in [0.25, 0.3) is 10.9 Å². The monoisotopic (exact) mass is 414 g/mol. The Balaban J connectivity index is 0.00000261. The van der Waals surface area contributed by atoms with Crippen LogP contribution in [0, 0.1) is 16.0 Å². The van der Waals surface area contributed by atoms with Crippen molar-refractivity contribution in [2.45, 2.75) is 24.7 Å². The lowest BCUT2D eigenvalue weighted by Gasteiger charge is -2.31. The number of sulfonamides is 1. The number of hydrogen-bond acceptors (Lipinski definition) is 6. The molecule has 1 N–H and O–H groups in total. The van der Waals surface area contributed by atoms with E-state index in [2.05, 4.69) is 10.3 Å². The molecule has 0 amide bonds. The Hall–Kier alpha value is -1.81. The Morgan fingerprint density at radius 3 is 2.63 bits per heavy atom. The quantitative estimate of drug-likeness (QED) is 0.575. The van der Waals surface area contributed by atoms with Crippen LogP contribution in [-0.2, 0) is 10.0 Å². The molecule has 148 valence electrons. The van der Waals surface area contributed by atoms with E-state index in [9.17, 15) is 18.5 Å². The molecule has 0 spiro atoms. The number of piperidine rings is 1. The molecule has 0 atom stereocenters. The molecule has 0 aliphatic carbocycles. The Bertz CT molecular complexity index is 914. The van der Waals surface area contributed by atoms with Gasteiger partial charge >= 0.3 is 0 Å². The second-order valence-corrected chi connectivity index (χ2v) is 8.30. The smallest absolute Gasteiger partial charge is 0.278 e. The number of nitrogens with one attached hydrogen (secondary N) is 1. The van der Waals surface area contributed by atoms with Crippen LogP contribution < -0.4 is 5.32 Å². The van der Waals surface area contributed by atoms with Crippen molar-refractivity contribution in [1.29, 1.82) is 0 Å². The highest BCUT2D eigenvalue weighted by Crippen LogP contribution is 2.32. The molecule has 27 heavy (non-hydrogen) atoms. The number of non-ortho nitro benzene ring substituents is 1. The maximum atomic E-state index is 13.1. The standard InChI is InChI=1S/C17H22N4O4S.ClH/c1-2-18-12-13-7-10-20(11-8-13)26(24,25)16-6-5-15(21(22)23)14-4-3-9-19-17(14)16;/h3-6,9,13,18H,2,7-8,10-12H2,1H3;1H. The number of rotatable bonds is 6. The summed E-state index contributed by atoms with van der Waals surface area (Å²) in [5, 5.41) is 14.8. The summed E-state index contributed by atoms with van der Waals surface area (Å²) in [7, 11) is -3.75. The minimum atomic E-state index is -3.75. The average molecular weight is 415 g/mol. The molecule has 3 rings (SSSR count). The molecule has 1 aromatic heterocycles. The third-order valence-corrected chi connectivity index (χ3v) is 6.71. The summed E-state index contributed by atoms with van der Waals surface area (Å²) in [6.07, 6.45) is 3.04. The number of aromatic nitrogens is 1. The summed E-state index contributed by atoms with van der Waals surface area (Å²) in [5.74, 6) is 0.466. The van der Waals surface area contributed by atoms with Crippen LogP contribution in [0.3, 0.4) is 0 Å². The largest absolute Gasteiger partial charge is 0.317 e. The van der Waals surface area contributed by atoms with E-state index in [0.717, 1.165) is 25.9 Å². The third kappa shape index (κ3) is 4.37. The van der Waals surface area contributed by atoms with Crippen molar-refractivity contribution in [2.24, 2.45) is 5.92 Å². The van der Waals surface area contributed by atoms with Crippen molar-refractivity contribution >= 4 is 39.0 Å². The minimum Gasteiger partial charge on any atom is -0.317 e. The number of nitro groups is 1. The molecule has 10 heteroatoms. The molecule has 1 fully saturated rings. The number of nitrogens with zero attached hydrogens (tertiary/aromatic N) is 3. The maximum absolute atomic E-state index is 13.1. The lowest BCUT2D eigenvalue weighted by Crippen LogP contribution is -2.40. The van der Waals surface area contributed by atoms with Crippen molar-refractivity contribution in [3.05, 3.63) is 40.6 Å². The molecule has 1 aliphatic heterocycles. The van der Waals surface area contributed by atoms with Crippen LogP contribution in [0.2, 0.25) is 0 Å². The average Bonchev–Trinajstić information content (AvgIpc) is 2.65. The molecular formula is C17H23ClN4O4S. The molecule has 1 aliphatic rings. The first kappa shape index (κ1) is 21.5. The van der Waals surface area contributed by atoms with Gasteiger partial charge in [-0.05, 0) is 50.0 Å². The Morgan fingerprint density at radius 2 is 2.00 bits per heavy atom. The fraction of sp³-hybridized carbons (Fsp3) is 0.471. The third-order valence-electron chi connectivity index (χ3n) is 4.78. The Morgan fingerprint density at radius 1 is 1.30 bits per heavy atom. The highest BCUT2D eigenvalue weighted by Gasteiger charge is 2.32. The van der Waals surface area contributed by atoms with Crippen molar-refractivity contribution in [2.75, 3.05) is 26.2 Å². The molecule has 8 nitrogen and oxygen atoms in total. The van der Waals surface area contributed by atoms with E-state index in [0.29, 0.717) is 19.0 Å². The first-order valence-electron chi connectivity index (χ1n) is 8.68. The van der Waals surface area contributed by atoms with Gasteiger partial charge in [0.2, 0.25) is 10.0 Å². The minimum absolute atomic E-state index is 0. The summed E-state index contributed by atoms with van der Waals surface area (Å²) in [6.45, 7) is 4.74. The molecule has 2 heterocycles. The van der Waals surface area contributed by atoms with Gasteiger partial charge in [-0.3, -0.25) is 15.1 Å². The highest BCUT2D eigenvalue weighted by atomic mass is 35.5. The van der Waals surface area contributed by atoms with Crippen LogP contribution >= 0.6 is 12.4 Å². The van der Waals surface area contributed by atoms with Gasteiger partial charge in [0.05, 0.1) is 15.8 Å². The predicted molar refractivity (Wildman–Crippen MR) is 106 cm³/mol. The van der Waals surface area contributed by atoms with E-state index in [-0.39, 0.29) is 33.9 Å². The van der Waals surface area contributed by atoms with Gasteiger partial charge in [-0.15, -0.1) is 12.4 Å². The van der Waals surface area contributed by atoms with Gasteiger partial charge in [0.25, 0.3) is 5.69 Å². The fourth-order valence-electron chi connectivity index (χ4n) is 3.34. The van der Waals surface area contributed by atoms with Crippen LogP contribution in [0.4, 0.5) is 5.69 Å². The second-order valence-electron chi connectivity index (χ2n) is 6.39. The topological polar surface area (TPSA) is 105 Å². The van der Waals surface area contributed by atoms with Crippen LogP contribution in [0.15, 0.2) is 35.4 Å². The predicted octanol–water partition coefficient (Wildman–Crippen LogP) is 2.58. The van der Waals surface area contributed by atoms with Gasteiger partial charge in [-0.1, -0.05) is 6.92 Å². The normalized spacial score (nSPS) is 16.2. The second kappa shape index (κ2) is 8.92. The number of halogens is 1. The summed E-state index contributed by atoms with van der Waals surface area (Å²) in [4.78, 5) is 14.8. The van der Waals surface area contributed by atoms with E-state index in [1.165, 1.54) is 28.7 Å². The van der Waals surface area contributed by atoms with Crippen LogP contribution in [0.1, 0.15) is 19.8 Å². The van der Waals surface area contributed by atoms with Gasteiger partial charge in [0.15, 0.2) is 0 Å². The number of nitro benzene ring substituents is 1. The Kier molecular flexibility index (Phi) is 7.10. The summed E-state index contributed by atoms with van der Waals surface area (Å²) in [6, 6.07) is 5.64. The molecule has 1 aromatic carbocycles. The zero-order chi connectivity index (χ0) is 18.7. The fourth-order valence-corrected chi connectivity index (χ4v) is 4.96. The van der Waals surface area contributed by atoms with Gasteiger partial charge in [0.1, 0.15) is 4.90 Å². The van der Waals surface area contributed by atoms with Crippen molar-refractivity contribution < 1.29 is 13.3 Å². The van der Waals surface area contributed by atoms with Gasteiger partial charge in [-0.25, -0.2) is 8.42 Å². The number of hydrogen-bond donors (Lipinski definition) is 1. The van der Waals surface area contributed by atoms with Gasteiger partial charge in [0, 0.05) is 25.4 Å². The molecule has 0 saturated carbocycles.